The van der Waals surface area contributed by atoms with E-state index >= 15 is 0 Å². The van der Waals surface area contributed by atoms with Crippen molar-refractivity contribution in [1.82, 2.24) is 10.2 Å². The number of aliphatic hydroxyl groups excluding tert-OH is 1. The van der Waals surface area contributed by atoms with Gasteiger partial charge in [0.2, 0.25) is 0 Å². The minimum absolute atomic E-state index is 0.000324. The smallest absolute Gasteiger partial charge is 0.0614 e. The van der Waals surface area contributed by atoms with Crippen molar-refractivity contribution in [3.8, 4) is 0 Å². The molecule has 0 aromatic rings. The summed E-state index contributed by atoms with van der Waals surface area (Å²) in [5, 5.41) is 13.2. The number of aliphatic hydroxyl groups is 1. The highest BCUT2D eigenvalue weighted by atomic mass is 16.3. The average molecular weight is 212 g/mol. The van der Waals surface area contributed by atoms with Crippen LogP contribution in [0, 0.1) is 0 Å². The van der Waals surface area contributed by atoms with E-state index < -0.39 is 0 Å². The standard InChI is InChI=1S/C12H24N2O/c1-10(2)13-12(9-15)5-7-14-6-3-4-11(14)8-12/h10-11,13,15H,3-9H2,1-2H3. The highest BCUT2D eigenvalue weighted by molar-refractivity contribution is 5.00. The number of hydrogen-bond acceptors (Lipinski definition) is 3. The molecule has 0 radical (unpaired) electrons. The Bertz CT molecular complexity index is 220. The van der Waals surface area contributed by atoms with Crippen LogP contribution in [0.2, 0.25) is 0 Å². The van der Waals surface area contributed by atoms with E-state index in [2.05, 4.69) is 24.1 Å². The van der Waals surface area contributed by atoms with Crippen molar-refractivity contribution in [3.05, 3.63) is 0 Å². The number of fused-ring (bicyclic) bond motifs is 1. The zero-order chi connectivity index (χ0) is 10.9. The fourth-order valence-electron chi connectivity index (χ4n) is 3.26. The second-order valence-corrected chi connectivity index (χ2v) is 5.52. The Kier molecular flexibility index (Phi) is 3.33. The average Bonchev–Trinajstić information content (AvgIpc) is 2.63. The summed E-state index contributed by atoms with van der Waals surface area (Å²) < 4.78 is 0. The fourth-order valence-corrected chi connectivity index (χ4v) is 3.26. The lowest BCUT2D eigenvalue weighted by Crippen LogP contribution is -2.59. The van der Waals surface area contributed by atoms with E-state index in [1.165, 1.54) is 19.4 Å². The highest BCUT2D eigenvalue weighted by Gasteiger charge is 2.41. The van der Waals surface area contributed by atoms with Crippen LogP contribution in [0.4, 0.5) is 0 Å². The number of rotatable bonds is 3. The van der Waals surface area contributed by atoms with Crippen LogP contribution in [0.15, 0.2) is 0 Å². The molecular weight excluding hydrogens is 188 g/mol. The maximum atomic E-state index is 9.63. The topological polar surface area (TPSA) is 35.5 Å². The van der Waals surface area contributed by atoms with Crippen LogP contribution in [0.3, 0.4) is 0 Å². The molecule has 2 aliphatic rings. The molecule has 3 nitrogen and oxygen atoms in total. The lowest BCUT2D eigenvalue weighted by atomic mass is 9.83. The molecule has 2 unspecified atom stereocenters. The van der Waals surface area contributed by atoms with Crippen LogP contribution in [0.25, 0.3) is 0 Å². The van der Waals surface area contributed by atoms with Crippen molar-refractivity contribution < 1.29 is 5.11 Å². The van der Waals surface area contributed by atoms with E-state index in [9.17, 15) is 5.11 Å². The van der Waals surface area contributed by atoms with Gasteiger partial charge in [-0.1, -0.05) is 13.8 Å². The molecule has 0 spiro atoms. The molecule has 2 atom stereocenters. The van der Waals surface area contributed by atoms with Gasteiger partial charge in [0.1, 0.15) is 0 Å². The van der Waals surface area contributed by atoms with Crippen molar-refractivity contribution in [2.75, 3.05) is 19.7 Å². The summed E-state index contributed by atoms with van der Waals surface area (Å²) in [6.07, 6.45) is 4.88. The van der Waals surface area contributed by atoms with Crippen molar-refractivity contribution in [2.24, 2.45) is 0 Å². The molecule has 88 valence electrons. The first-order valence-electron chi connectivity index (χ1n) is 6.28. The fraction of sp³-hybridized carbons (Fsp3) is 1.00. The van der Waals surface area contributed by atoms with Gasteiger partial charge in [-0.3, -0.25) is 0 Å². The molecule has 0 saturated carbocycles. The number of piperidine rings is 1. The molecule has 3 heteroatoms. The first kappa shape index (κ1) is 11.4. The van der Waals surface area contributed by atoms with Crippen molar-refractivity contribution in [3.63, 3.8) is 0 Å². The molecule has 2 saturated heterocycles. The minimum atomic E-state index is -0.000324. The van der Waals surface area contributed by atoms with Gasteiger partial charge in [-0.2, -0.15) is 0 Å². The summed E-state index contributed by atoms with van der Waals surface area (Å²) in [7, 11) is 0. The predicted octanol–water partition coefficient (Wildman–Crippen LogP) is 0.974. The van der Waals surface area contributed by atoms with Crippen LogP contribution in [-0.4, -0.2) is 47.3 Å². The van der Waals surface area contributed by atoms with Crippen molar-refractivity contribution >= 4 is 0 Å². The van der Waals surface area contributed by atoms with Gasteiger partial charge in [-0.15, -0.1) is 0 Å². The quantitative estimate of drug-likeness (QED) is 0.732. The molecule has 2 rings (SSSR count). The molecule has 2 fully saturated rings. The summed E-state index contributed by atoms with van der Waals surface area (Å²) in [6, 6.07) is 1.18. The normalized spacial score (nSPS) is 37.2. The Hall–Kier alpha value is -0.120. The van der Waals surface area contributed by atoms with Gasteiger partial charge in [-0.25, -0.2) is 0 Å². The van der Waals surface area contributed by atoms with Gasteiger partial charge >= 0.3 is 0 Å². The summed E-state index contributed by atoms with van der Waals surface area (Å²) in [5.41, 5.74) is -0.000324. The Morgan fingerprint density at radius 3 is 2.93 bits per heavy atom. The van der Waals surface area contributed by atoms with Gasteiger partial charge in [0.25, 0.3) is 0 Å². The summed E-state index contributed by atoms with van der Waals surface area (Å²) >= 11 is 0. The lowest BCUT2D eigenvalue weighted by molar-refractivity contribution is 0.0535. The molecular formula is C12H24N2O. The maximum Gasteiger partial charge on any atom is 0.0614 e. The first-order valence-corrected chi connectivity index (χ1v) is 6.28. The minimum Gasteiger partial charge on any atom is -0.394 e. The third-order valence-corrected chi connectivity index (χ3v) is 3.90. The van der Waals surface area contributed by atoms with Crippen LogP contribution in [-0.2, 0) is 0 Å². The summed E-state index contributed by atoms with van der Waals surface area (Å²) in [4.78, 5) is 2.59. The molecule has 0 bridgehead atoms. The van der Waals surface area contributed by atoms with Crippen molar-refractivity contribution in [1.29, 1.82) is 0 Å². The number of nitrogens with zero attached hydrogens (tertiary/aromatic N) is 1. The second-order valence-electron chi connectivity index (χ2n) is 5.52. The van der Waals surface area contributed by atoms with Gasteiger partial charge < -0.3 is 15.3 Å². The van der Waals surface area contributed by atoms with Crippen LogP contribution in [0.1, 0.15) is 39.5 Å². The monoisotopic (exact) mass is 212 g/mol. The van der Waals surface area contributed by atoms with E-state index in [4.69, 9.17) is 0 Å². The van der Waals surface area contributed by atoms with Crippen LogP contribution in [0.5, 0.6) is 0 Å². The lowest BCUT2D eigenvalue weighted by Gasteiger charge is -2.44. The Morgan fingerprint density at radius 2 is 2.27 bits per heavy atom. The molecule has 2 aliphatic heterocycles. The zero-order valence-electron chi connectivity index (χ0n) is 10.00. The molecule has 15 heavy (non-hydrogen) atoms. The van der Waals surface area contributed by atoms with E-state index in [-0.39, 0.29) is 12.1 Å². The Morgan fingerprint density at radius 1 is 1.47 bits per heavy atom. The number of hydrogen-bond donors (Lipinski definition) is 2. The molecule has 2 heterocycles. The van der Waals surface area contributed by atoms with E-state index in [1.807, 2.05) is 0 Å². The molecule has 2 N–H and O–H groups in total. The summed E-state index contributed by atoms with van der Waals surface area (Å²) in [5.74, 6) is 0. The van der Waals surface area contributed by atoms with Gasteiger partial charge in [0.05, 0.1) is 6.61 Å². The Labute approximate surface area is 92.8 Å². The number of nitrogens with one attached hydrogen (secondary N) is 1. The predicted molar refractivity (Wildman–Crippen MR) is 61.9 cm³/mol. The van der Waals surface area contributed by atoms with E-state index in [0.717, 1.165) is 25.4 Å². The molecule has 0 amide bonds. The highest BCUT2D eigenvalue weighted by Crippen LogP contribution is 2.33. The van der Waals surface area contributed by atoms with E-state index in [1.54, 1.807) is 0 Å². The van der Waals surface area contributed by atoms with Gasteiger partial charge in [0, 0.05) is 24.2 Å². The van der Waals surface area contributed by atoms with Gasteiger partial charge in [-0.05, 0) is 32.2 Å². The third-order valence-electron chi connectivity index (χ3n) is 3.90. The van der Waals surface area contributed by atoms with Gasteiger partial charge in [0.15, 0.2) is 0 Å². The van der Waals surface area contributed by atoms with Crippen LogP contribution >= 0.6 is 0 Å². The SMILES string of the molecule is CC(C)NC1(CO)CCN2CCCC2C1. The van der Waals surface area contributed by atoms with Crippen LogP contribution < -0.4 is 5.32 Å². The van der Waals surface area contributed by atoms with E-state index in [0.29, 0.717) is 6.04 Å². The maximum absolute atomic E-state index is 9.63. The van der Waals surface area contributed by atoms with Crippen molar-refractivity contribution in [2.45, 2.75) is 57.2 Å². The first-order chi connectivity index (χ1) is 7.15. The Balaban J connectivity index is 2.01. The summed E-state index contributed by atoms with van der Waals surface area (Å²) in [6.45, 7) is 7.05. The molecule has 0 aromatic heterocycles. The second kappa shape index (κ2) is 4.40. The third kappa shape index (κ3) is 2.35. The zero-order valence-corrected chi connectivity index (χ0v) is 10.00. The largest absolute Gasteiger partial charge is 0.394 e. The molecule has 0 aromatic carbocycles. The molecule has 0 aliphatic carbocycles.